The van der Waals surface area contributed by atoms with Crippen LogP contribution in [0.25, 0.3) is 0 Å². The maximum absolute atomic E-state index is 12.6. The molecule has 0 aromatic heterocycles. The first-order valence-corrected chi connectivity index (χ1v) is 5.45. The standard InChI is InChI=1S/C13H17FO2/c1-10(2)16-8-7-13(15)9-11-3-5-12(14)6-4-11/h3-6,10H,7-9H2,1-2H3. The van der Waals surface area contributed by atoms with Crippen LogP contribution in [0.4, 0.5) is 4.39 Å². The van der Waals surface area contributed by atoms with Crippen LogP contribution in [0.2, 0.25) is 0 Å². The van der Waals surface area contributed by atoms with Gasteiger partial charge in [0.2, 0.25) is 0 Å². The lowest BCUT2D eigenvalue weighted by molar-refractivity contribution is -0.119. The number of rotatable bonds is 6. The minimum atomic E-state index is -0.278. The maximum atomic E-state index is 12.6. The van der Waals surface area contributed by atoms with Gasteiger partial charge in [0.25, 0.3) is 0 Å². The molecule has 0 aliphatic carbocycles. The fraction of sp³-hybridized carbons (Fsp3) is 0.462. The van der Waals surface area contributed by atoms with Gasteiger partial charge >= 0.3 is 0 Å². The fourth-order valence-electron chi connectivity index (χ4n) is 1.33. The topological polar surface area (TPSA) is 26.3 Å². The lowest BCUT2D eigenvalue weighted by Crippen LogP contribution is -2.10. The van der Waals surface area contributed by atoms with Gasteiger partial charge < -0.3 is 4.74 Å². The minimum absolute atomic E-state index is 0.118. The molecule has 1 aromatic rings. The van der Waals surface area contributed by atoms with Crippen molar-refractivity contribution >= 4 is 5.78 Å². The molecule has 0 saturated heterocycles. The summed E-state index contributed by atoms with van der Waals surface area (Å²) < 4.78 is 17.9. The van der Waals surface area contributed by atoms with E-state index < -0.39 is 0 Å². The van der Waals surface area contributed by atoms with E-state index in [-0.39, 0.29) is 17.7 Å². The molecule has 0 N–H and O–H groups in total. The van der Waals surface area contributed by atoms with Crippen molar-refractivity contribution in [2.75, 3.05) is 6.61 Å². The van der Waals surface area contributed by atoms with Crippen LogP contribution in [-0.2, 0) is 16.0 Å². The van der Waals surface area contributed by atoms with E-state index in [0.717, 1.165) is 5.56 Å². The van der Waals surface area contributed by atoms with Crippen LogP contribution >= 0.6 is 0 Å². The number of ether oxygens (including phenoxy) is 1. The van der Waals surface area contributed by atoms with Gasteiger partial charge in [-0.15, -0.1) is 0 Å². The van der Waals surface area contributed by atoms with Crippen molar-refractivity contribution in [1.82, 2.24) is 0 Å². The van der Waals surface area contributed by atoms with Crippen LogP contribution in [0.3, 0.4) is 0 Å². The summed E-state index contributed by atoms with van der Waals surface area (Å²) in [6.45, 7) is 4.33. The SMILES string of the molecule is CC(C)OCCC(=O)Cc1ccc(F)cc1. The van der Waals surface area contributed by atoms with Crippen LogP contribution in [0.1, 0.15) is 25.8 Å². The number of Topliss-reactive ketones (excluding diaryl/α,β-unsaturated/α-hetero) is 1. The van der Waals surface area contributed by atoms with Crippen molar-refractivity contribution in [2.24, 2.45) is 0 Å². The zero-order valence-electron chi connectivity index (χ0n) is 9.70. The van der Waals surface area contributed by atoms with Crippen molar-refractivity contribution in [3.05, 3.63) is 35.6 Å². The number of benzene rings is 1. The first-order chi connectivity index (χ1) is 7.58. The van der Waals surface area contributed by atoms with Gasteiger partial charge in [-0.05, 0) is 31.5 Å². The van der Waals surface area contributed by atoms with Gasteiger partial charge in [-0.25, -0.2) is 4.39 Å². The van der Waals surface area contributed by atoms with Gasteiger partial charge in [0.1, 0.15) is 11.6 Å². The lowest BCUT2D eigenvalue weighted by atomic mass is 10.1. The van der Waals surface area contributed by atoms with Gasteiger partial charge in [0, 0.05) is 12.8 Å². The number of carbonyl (C=O) groups is 1. The van der Waals surface area contributed by atoms with E-state index in [9.17, 15) is 9.18 Å². The van der Waals surface area contributed by atoms with E-state index in [0.29, 0.717) is 19.4 Å². The first kappa shape index (κ1) is 12.8. The summed E-state index contributed by atoms with van der Waals surface area (Å²) >= 11 is 0. The first-order valence-electron chi connectivity index (χ1n) is 5.45. The number of carbonyl (C=O) groups excluding carboxylic acids is 1. The molecule has 0 spiro atoms. The maximum Gasteiger partial charge on any atom is 0.139 e. The molecule has 3 heteroatoms. The van der Waals surface area contributed by atoms with E-state index in [4.69, 9.17) is 4.74 Å². The Morgan fingerprint density at radius 2 is 1.94 bits per heavy atom. The zero-order chi connectivity index (χ0) is 12.0. The van der Waals surface area contributed by atoms with E-state index >= 15 is 0 Å². The second-order valence-electron chi connectivity index (χ2n) is 4.01. The Kier molecular flexibility index (Phi) is 5.12. The molecular formula is C13H17FO2. The summed E-state index contributed by atoms with van der Waals surface area (Å²) in [7, 11) is 0. The number of halogens is 1. The Bertz CT molecular complexity index is 330. The van der Waals surface area contributed by atoms with E-state index in [2.05, 4.69) is 0 Å². The number of hydrogen-bond donors (Lipinski definition) is 0. The highest BCUT2D eigenvalue weighted by molar-refractivity contribution is 5.80. The van der Waals surface area contributed by atoms with Gasteiger partial charge in [-0.1, -0.05) is 12.1 Å². The third-order valence-corrected chi connectivity index (χ3v) is 2.15. The molecule has 0 unspecified atom stereocenters. The molecule has 0 radical (unpaired) electrons. The molecule has 2 nitrogen and oxygen atoms in total. The van der Waals surface area contributed by atoms with Crippen LogP contribution in [0.15, 0.2) is 24.3 Å². The predicted molar refractivity (Wildman–Crippen MR) is 60.8 cm³/mol. The summed E-state index contributed by atoms with van der Waals surface area (Å²) in [4.78, 5) is 11.5. The Balaban J connectivity index is 2.31. The molecule has 88 valence electrons. The average Bonchev–Trinajstić information content (AvgIpc) is 2.21. The second-order valence-corrected chi connectivity index (χ2v) is 4.01. The molecule has 0 aliphatic heterocycles. The molecule has 0 saturated carbocycles. The molecule has 0 bridgehead atoms. The second kappa shape index (κ2) is 6.38. The highest BCUT2D eigenvalue weighted by Gasteiger charge is 2.04. The monoisotopic (exact) mass is 224 g/mol. The third-order valence-electron chi connectivity index (χ3n) is 2.15. The van der Waals surface area contributed by atoms with Crippen LogP contribution < -0.4 is 0 Å². The van der Waals surface area contributed by atoms with E-state index in [1.807, 2.05) is 13.8 Å². The van der Waals surface area contributed by atoms with Crippen LogP contribution in [0.5, 0.6) is 0 Å². The summed E-state index contributed by atoms with van der Waals surface area (Å²) in [5.41, 5.74) is 0.843. The van der Waals surface area contributed by atoms with Crippen molar-refractivity contribution < 1.29 is 13.9 Å². The van der Waals surface area contributed by atoms with Crippen LogP contribution in [0, 0.1) is 5.82 Å². The summed E-state index contributed by atoms with van der Waals surface area (Å²) in [5, 5.41) is 0. The molecule has 0 fully saturated rings. The summed E-state index contributed by atoms with van der Waals surface area (Å²) in [6.07, 6.45) is 0.913. The van der Waals surface area contributed by atoms with Gasteiger partial charge in [-0.3, -0.25) is 4.79 Å². The highest BCUT2D eigenvalue weighted by atomic mass is 19.1. The number of hydrogen-bond acceptors (Lipinski definition) is 2. The molecule has 1 rings (SSSR count). The molecule has 16 heavy (non-hydrogen) atoms. The lowest BCUT2D eigenvalue weighted by Gasteiger charge is -2.06. The van der Waals surface area contributed by atoms with Gasteiger partial charge in [0.05, 0.1) is 12.7 Å². The highest BCUT2D eigenvalue weighted by Crippen LogP contribution is 2.05. The molecular weight excluding hydrogens is 207 g/mol. The molecule has 0 atom stereocenters. The fourth-order valence-corrected chi connectivity index (χ4v) is 1.33. The minimum Gasteiger partial charge on any atom is -0.378 e. The largest absolute Gasteiger partial charge is 0.378 e. The Labute approximate surface area is 95.4 Å². The Morgan fingerprint density at radius 3 is 2.50 bits per heavy atom. The van der Waals surface area contributed by atoms with E-state index in [1.54, 1.807) is 12.1 Å². The van der Waals surface area contributed by atoms with Crippen molar-refractivity contribution in [1.29, 1.82) is 0 Å². The molecule has 0 heterocycles. The molecule has 0 aliphatic rings. The normalized spacial score (nSPS) is 10.8. The summed E-state index contributed by atoms with van der Waals surface area (Å²) in [6, 6.07) is 6.01. The van der Waals surface area contributed by atoms with Crippen molar-refractivity contribution in [2.45, 2.75) is 32.8 Å². The quantitative estimate of drug-likeness (QED) is 0.742. The van der Waals surface area contributed by atoms with Gasteiger partial charge in [-0.2, -0.15) is 0 Å². The average molecular weight is 224 g/mol. The third kappa shape index (κ3) is 5.03. The van der Waals surface area contributed by atoms with Gasteiger partial charge in [0.15, 0.2) is 0 Å². The van der Waals surface area contributed by atoms with Crippen molar-refractivity contribution in [3.63, 3.8) is 0 Å². The Morgan fingerprint density at radius 1 is 1.31 bits per heavy atom. The molecule has 0 amide bonds. The number of ketones is 1. The van der Waals surface area contributed by atoms with Crippen molar-refractivity contribution in [3.8, 4) is 0 Å². The molecule has 1 aromatic carbocycles. The zero-order valence-corrected chi connectivity index (χ0v) is 9.70. The Hall–Kier alpha value is -1.22. The smallest absolute Gasteiger partial charge is 0.139 e. The predicted octanol–water partition coefficient (Wildman–Crippen LogP) is 2.75. The summed E-state index contributed by atoms with van der Waals surface area (Å²) in [5.74, 6) is -0.161. The van der Waals surface area contributed by atoms with E-state index in [1.165, 1.54) is 12.1 Å². The van der Waals surface area contributed by atoms with Crippen LogP contribution in [-0.4, -0.2) is 18.5 Å².